The SMILES string of the molecule is CCNC(=NCC(c1ccc(OC)cc1)N1CCOCC1)NCCN(C)CC.I. The Morgan fingerprint density at radius 1 is 1.21 bits per heavy atom. The summed E-state index contributed by atoms with van der Waals surface area (Å²) < 4.78 is 10.9. The van der Waals surface area contributed by atoms with Crippen LogP contribution in [0.25, 0.3) is 0 Å². The number of rotatable bonds is 10. The van der Waals surface area contributed by atoms with Gasteiger partial charge in [0.15, 0.2) is 5.96 Å². The lowest BCUT2D eigenvalue weighted by molar-refractivity contribution is 0.0179. The summed E-state index contributed by atoms with van der Waals surface area (Å²) in [5.74, 6) is 1.75. The first-order chi connectivity index (χ1) is 13.7. The normalized spacial score (nSPS) is 16.2. The predicted octanol–water partition coefficient (Wildman–Crippen LogP) is 2.19. The molecule has 0 aliphatic carbocycles. The number of methoxy groups -OCH3 is 1. The number of benzene rings is 1. The molecule has 1 unspecified atom stereocenters. The maximum atomic E-state index is 5.55. The molecule has 1 aliphatic rings. The number of ether oxygens (including phenoxy) is 2. The van der Waals surface area contributed by atoms with Crippen LogP contribution in [0.1, 0.15) is 25.5 Å². The van der Waals surface area contributed by atoms with Crippen LogP contribution in [-0.2, 0) is 4.74 Å². The second-order valence-electron chi connectivity index (χ2n) is 6.98. The van der Waals surface area contributed by atoms with Gasteiger partial charge < -0.3 is 25.0 Å². The molecule has 0 radical (unpaired) electrons. The summed E-state index contributed by atoms with van der Waals surface area (Å²) in [6, 6.07) is 8.56. The Bertz CT molecular complexity index is 579. The fraction of sp³-hybridized carbons (Fsp3) is 0.667. The number of hydrogen-bond donors (Lipinski definition) is 2. The first kappa shape index (κ1) is 25.9. The van der Waals surface area contributed by atoms with Crippen LogP contribution in [-0.4, -0.2) is 88.9 Å². The van der Waals surface area contributed by atoms with Crippen molar-refractivity contribution in [2.75, 3.05) is 73.2 Å². The third kappa shape index (κ3) is 9.06. The number of morpholine rings is 1. The van der Waals surface area contributed by atoms with Crippen LogP contribution in [0.3, 0.4) is 0 Å². The molecule has 1 aromatic carbocycles. The molecule has 29 heavy (non-hydrogen) atoms. The molecule has 1 atom stereocenters. The molecule has 2 N–H and O–H groups in total. The van der Waals surface area contributed by atoms with Gasteiger partial charge in [-0.2, -0.15) is 0 Å². The maximum absolute atomic E-state index is 5.55. The van der Waals surface area contributed by atoms with Crippen molar-refractivity contribution in [2.24, 2.45) is 4.99 Å². The zero-order chi connectivity index (χ0) is 20.2. The van der Waals surface area contributed by atoms with Crippen LogP contribution in [0.15, 0.2) is 29.3 Å². The molecule has 0 bridgehead atoms. The second kappa shape index (κ2) is 14.8. The molecule has 0 saturated carbocycles. The van der Waals surface area contributed by atoms with Crippen molar-refractivity contribution in [3.05, 3.63) is 29.8 Å². The van der Waals surface area contributed by atoms with Crippen molar-refractivity contribution >= 4 is 29.9 Å². The van der Waals surface area contributed by atoms with Crippen molar-refractivity contribution in [1.29, 1.82) is 0 Å². The third-order valence-corrected chi connectivity index (χ3v) is 5.08. The fourth-order valence-electron chi connectivity index (χ4n) is 3.19. The minimum absolute atomic E-state index is 0. The van der Waals surface area contributed by atoms with Gasteiger partial charge in [0.2, 0.25) is 0 Å². The second-order valence-corrected chi connectivity index (χ2v) is 6.98. The minimum Gasteiger partial charge on any atom is -0.497 e. The monoisotopic (exact) mass is 519 g/mol. The summed E-state index contributed by atoms with van der Waals surface area (Å²) in [6.45, 7) is 12.1. The number of nitrogens with one attached hydrogen (secondary N) is 2. The van der Waals surface area contributed by atoms with Gasteiger partial charge in [-0.1, -0.05) is 19.1 Å². The van der Waals surface area contributed by atoms with Gasteiger partial charge >= 0.3 is 0 Å². The first-order valence-corrected chi connectivity index (χ1v) is 10.3. The van der Waals surface area contributed by atoms with Gasteiger partial charge in [0, 0.05) is 32.7 Å². The summed E-state index contributed by atoms with van der Waals surface area (Å²) in [6.07, 6.45) is 0. The fourth-order valence-corrected chi connectivity index (χ4v) is 3.19. The molecule has 1 saturated heterocycles. The highest BCUT2D eigenvalue weighted by Crippen LogP contribution is 2.24. The first-order valence-electron chi connectivity index (χ1n) is 10.3. The molecular formula is C21H38IN5O2. The van der Waals surface area contributed by atoms with E-state index in [4.69, 9.17) is 14.5 Å². The molecule has 0 amide bonds. The highest BCUT2D eigenvalue weighted by molar-refractivity contribution is 14.0. The quantitative estimate of drug-likeness (QED) is 0.281. The van der Waals surface area contributed by atoms with Gasteiger partial charge in [0.25, 0.3) is 0 Å². The summed E-state index contributed by atoms with van der Waals surface area (Å²) in [4.78, 5) is 9.64. The molecule has 1 aromatic rings. The molecule has 1 fully saturated rings. The Morgan fingerprint density at radius 2 is 1.90 bits per heavy atom. The molecule has 1 heterocycles. The summed E-state index contributed by atoms with van der Waals surface area (Å²) >= 11 is 0. The van der Waals surface area contributed by atoms with Gasteiger partial charge in [-0.05, 0) is 38.2 Å². The highest BCUT2D eigenvalue weighted by Gasteiger charge is 2.22. The van der Waals surface area contributed by atoms with Crippen LogP contribution in [0, 0.1) is 0 Å². The molecule has 1 aliphatic heterocycles. The Balaban J connectivity index is 0.00000420. The van der Waals surface area contributed by atoms with E-state index in [0.717, 1.165) is 64.2 Å². The van der Waals surface area contributed by atoms with Crippen LogP contribution < -0.4 is 15.4 Å². The smallest absolute Gasteiger partial charge is 0.191 e. The number of halogens is 1. The zero-order valence-corrected chi connectivity index (χ0v) is 20.6. The van der Waals surface area contributed by atoms with Crippen LogP contribution in [0.5, 0.6) is 5.75 Å². The average molecular weight is 519 g/mol. The maximum Gasteiger partial charge on any atom is 0.191 e. The van der Waals surface area contributed by atoms with Crippen LogP contribution in [0.4, 0.5) is 0 Å². The van der Waals surface area contributed by atoms with Crippen LogP contribution >= 0.6 is 24.0 Å². The topological polar surface area (TPSA) is 61.4 Å². The summed E-state index contributed by atoms with van der Waals surface area (Å²) in [5.41, 5.74) is 1.26. The molecule has 0 aromatic heterocycles. The van der Waals surface area contributed by atoms with Gasteiger partial charge in [-0.15, -0.1) is 24.0 Å². The Kier molecular flexibility index (Phi) is 13.2. The van der Waals surface area contributed by atoms with Gasteiger partial charge in [-0.25, -0.2) is 0 Å². The van der Waals surface area contributed by atoms with E-state index in [1.165, 1.54) is 5.56 Å². The van der Waals surface area contributed by atoms with Crippen molar-refractivity contribution in [1.82, 2.24) is 20.4 Å². The largest absolute Gasteiger partial charge is 0.497 e. The number of aliphatic imine (C=N–C) groups is 1. The van der Waals surface area contributed by atoms with Gasteiger partial charge in [0.1, 0.15) is 5.75 Å². The molecule has 2 rings (SSSR count). The van der Waals surface area contributed by atoms with E-state index in [-0.39, 0.29) is 30.0 Å². The Hall–Kier alpha value is -1.10. The molecule has 166 valence electrons. The standard InChI is InChI=1S/C21H37N5O2.HI/c1-5-22-21(23-11-12-25(3)6-2)24-17-20(26-13-15-28-16-14-26)18-7-9-19(27-4)10-8-18;/h7-10,20H,5-6,11-17H2,1-4H3,(H2,22,23,24);1H. The van der Waals surface area contributed by atoms with Gasteiger partial charge in [0.05, 0.1) is 32.9 Å². The van der Waals surface area contributed by atoms with Crippen molar-refractivity contribution in [2.45, 2.75) is 19.9 Å². The lowest BCUT2D eigenvalue weighted by atomic mass is 10.0. The zero-order valence-electron chi connectivity index (χ0n) is 18.3. The molecule has 8 heteroatoms. The lowest BCUT2D eigenvalue weighted by Gasteiger charge is -2.34. The number of hydrogen-bond acceptors (Lipinski definition) is 5. The third-order valence-electron chi connectivity index (χ3n) is 5.08. The molecule has 7 nitrogen and oxygen atoms in total. The van der Waals surface area contributed by atoms with E-state index in [0.29, 0.717) is 6.54 Å². The van der Waals surface area contributed by atoms with E-state index in [1.54, 1.807) is 7.11 Å². The summed E-state index contributed by atoms with van der Waals surface area (Å²) in [5, 5.41) is 6.81. The summed E-state index contributed by atoms with van der Waals surface area (Å²) in [7, 11) is 3.83. The van der Waals surface area contributed by atoms with E-state index in [1.807, 2.05) is 12.1 Å². The average Bonchev–Trinajstić information content (AvgIpc) is 2.74. The Morgan fingerprint density at radius 3 is 2.48 bits per heavy atom. The van der Waals surface area contributed by atoms with E-state index in [9.17, 15) is 0 Å². The predicted molar refractivity (Wildman–Crippen MR) is 131 cm³/mol. The lowest BCUT2D eigenvalue weighted by Crippen LogP contribution is -2.43. The Labute approximate surface area is 193 Å². The number of nitrogens with zero attached hydrogens (tertiary/aromatic N) is 3. The van der Waals surface area contributed by atoms with Crippen LogP contribution in [0.2, 0.25) is 0 Å². The molecular weight excluding hydrogens is 481 g/mol. The van der Waals surface area contributed by atoms with E-state index >= 15 is 0 Å². The van der Waals surface area contributed by atoms with Gasteiger partial charge in [-0.3, -0.25) is 9.89 Å². The number of likely N-dealkylation sites (N-methyl/N-ethyl adjacent to an activating group) is 1. The number of guanidine groups is 1. The van der Waals surface area contributed by atoms with Crippen molar-refractivity contribution in [3.8, 4) is 5.75 Å². The highest BCUT2D eigenvalue weighted by atomic mass is 127. The van der Waals surface area contributed by atoms with Crippen molar-refractivity contribution in [3.63, 3.8) is 0 Å². The van der Waals surface area contributed by atoms with E-state index in [2.05, 4.69) is 53.5 Å². The minimum atomic E-state index is 0. The van der Waals surface area contributed by atoms with E-state index < -0.39 is 0 Å². The molecule has 0 spiro atoms. The van der Waals surface area contributed by atoms with Crippen molar-refractivity contribution < 1.29 is 9.47 Å².